The highest BCUT2D eigenvalue weighted by molar-refractivity contribution is 8.14. The first-order chi connectivity index (χ1) is 12.9. The molecule has 2 unspecified atom stereocenters. The number of aliphatic carboxylic acids is 1. The van der Waals surface area contributed by atoms with E-state index in [-0.39, 0.29) is 0 Å². The average molecular weight is 426 g/mol. The van der Waals surface area contributed by atoms with Gasteiger partial charge in [0, 0.05) is 22.6 Å². The number of carboxylic acids is 1. The Labute approximate surface area is 171 Å². The van der Waals surface area contributed by atoms with E-state index in [1.54, 1.807) is 0 Å². The van der Waals surface area contributed by atoms with E-state index in [4.69, 9.17) is 22.4 Å². The van der Waals surface area contributed by atoms with Crippen LogP contribution >= 0.6 is 35.4 Å². The standard InChI is InChI=1S/C17H16ClNO3S.C2H4OS/c18-14-4-2-1-3-13(14)12-8-5-11(6-9-12)7-10-15(16(20)21)23-17(19)22;1-2-3-4-2/h1-6,8-9,15H,7,10H2,(H2,19,22)(H,20,21);2H,1H3. The van der Waals surface area contributed by atoms with Crippen molar-refractivity contribution in [1.29, 1.82) is 0 Å². The van der Waals surface area contributed by atoms with Crippen molar-refractivity contribution in [2.45, 2.75) is 30.5 Å². The number of amides is 1. The number of carbonyl (C=O) groups excluding carboxylic acids is 1. The van der Waals surface area contributed by atoms with Crippen molar-refractivity contribution in [2.75, 3.05) is 0 Å². The fourth-order valence-corrected chi connectivity index (χ4v) is 3.25. The largest absolute Gasteiger partial charge is 0.480 e. The summed E-state index contributed by atoms with van der Waals surface area (Å²) in [5.41, 5.74) is 8.50. The zero-order valence-corrected chi connectivity index (χ0v) is 17.0. The smallest absolute Gasteiger partial charge is 0.317 e. The Kier molecular flexibility index (Phi) is 8.50. The molecule has 27 heavy (non-hydrogen) atoms. The van der Waals surface area contributed by atoms with Gasteiger partial charge in [0.15, 0.2) is 0 Å². The summed E-state index contributed by atoms with van der Waals surface area (Å²) in [7, 11) is 0. The SMILES string of the molecule is CC1OS1.NC(=O)SC(CCc1ccc(-c2ccccc2Cl)cc1)C(=O)O. The van der Waals surface area contributed by atoms with E-state index in [1.165, 1.54) is 12.0 Å². The van der Waals surface area contributed by atoms with Gasteiger partial charge in [0.2, 0.25) is 0 Å². The molecule has 0 saturated carbocycles. The number of hydrogen-bond donors (Lipinski definition) is 2. The molecule has 3 rings (SSSR count). The minimum atomic E-state index is -1.03. The van der Waals surface area contributed by atoms with Gasteiger partial charge in [-0.25, -0.2) is 0 Å². The van der Waals surface area contributed by atoms with Gasteiger partial charge in [0.1, 0.15) is 10.7 Å². The minimum Gasteiger partial charge on any atom is -0.480 e. The van der Waals surface area contributed by atoms with Crippen molar-refractivity contribution >= 4 is 46.6 Å². The maximum Gasteiger partial charge on any atom is 0.317 e. The molecule has 0 aliphatic carbocycles. The summed E-state index contributed by atoms with van der Waals surface area (Å²) in [6, 6.07) is 15.4. The third kappa shape index (κ3) is 7.84. The first-order valence-corrected chi connectivity index (χ1v) is 10.3. The van der Waals surface area contributed by atoms with Crippen molar-refractivity contribution in [3.05, 3.63) is 59.1 Å². The van der Waals surface area contributed by atoms with E-state index in [0.717, 1.165) is 16.7 Å². The first-order valence-electron chi connectivity index (χ1n) is 8.21. The number of thioether (sulfide) groups is 1. The molecule has 2 atom stereocenters. The normalized spacial score (nSPS) is 16.0. The van der Waals surface area contributed by atoms with Crippen molar-refractivity contribution < 1.29 is 18.9 Å². The van der Waals surface area contributed by atoms with Gasteiger partial charge in [-0.15, -0.1) is 0 Å². The highest BCUT2D eigenvalue weighted by atomic mass is 35.5. The van der Waals surface area contributed by atoms with Crippen LogP contribution in [0.1, 0.15) is 18.9 Å². The van der Waals surface area contributed by atoms with Crippen molar-refractivity contribution in [3.8, 4) is 11.1 Å². The van der Waals surface area contributed by atoms with Gasteiger partial charge < -0.3 is 10.8 Å². The predicted octanol–water partition coefficient (Wildman–Crippen LogP) is 5.22. The fraction of sp³-hybridized carbons (Fsp3) is 0.263. The molecule has 5 nitrogen and oxygen atoms in total. The molecule has 1 fully saturated rings. The Morgan fingerprint density at radius 1 is 1.26 bits per heavy atom. The first kappa shape index (κ1) is 21.6. The number of carboxylic acid groups (broad SMARTS) is 1. The lowest BCUT2D eigenvalue weighted by molar-refractivity contribution is -0.136. The highest BCUT2D eigenvalue weighted by Gasteiger charge is 2.20. The summed E-state index contributed by atoms with van der Waals surface area (Å²) in [5.74, 6) is -1.03. The Hall–Kier alpha value is -1.67. The lowest BCUT2D eigenvalue weighted by Crippen LogP contribution is -2.21. The Morgan fingerprint density at radius 3 is 2.33 bits per heavy atom. The predicted molar refractivity (Wildman–Crippen MR) is 112 cm³/mol. The van der Waals surface area contributed by atoms with Gasteiger partial charge in [-0.3, -0.25) is 13.8 Å². The molecule has 0 radical (unpaired) electrons. The van der Waals surface area contributed by atoms with Crippen LogP contribution in [0.2, 0.25) is 5.02 Å². The second-order valence-electron chi connectivity index (χ2n) is 5.74. The second kappa shape index (κ2) is 10.6. The van der Waals surface area contributed by atoms with Crippen LogP contribution in [0.4, 0.5) is 4.79 Å². The number of primary amides is 1. The van der Waals surface area contributed by atoms with Crippen molar-refractivity contribution in [2.24, 2.45) is 5.73 Å². The molecule has 2 aromatic rings. The van der Waals surface area contributed by atoms with Gasteiger partial charge >= 0.3 is 5.97 Å². The van der Waals surface area contributed by atoms with Crippen LogP contribution in [0.3, 0.4) is 0 Å². The second-order valence-corrected chi connectivity index (χ2v) is 8.40. The Bertz CT molecular complexity index is 782. The molecular weight excluding hydrogens is 406 g/mol. The maximum atomic E-state index is 11.1. The van der Waals surface area contributed by atoms with Crippen LogP contribution in [0.15, 0.2) is 48.5 Å². The summed E-state index contributed by atoms with van der Waals surface area (Å²) in [6.07, 6.45) is 0.897. The number of carbonyl (C=O) groups is 2. The number of hydrogen-bond acceptors (Lipinski definition) is 5. The summed E-state index contributed by atoms with van der Waals surface area (Å²) in [5, 5.41) is 8.27. The molecular formula is C19H20ClNO4S2. The number of benzene rings is 2. The van der Waals surface area contributed by atoms with E-state index in [1.807, 2.05) is 55.5 Å². The molecule has 1 heterocycles. The third-order valence-electron chi connectivity index (χ3n) is 3.66. The summed E-state index contributed by atoms with van der Waals surface area (Å²) < 4.78 is 4.62. The number of aryl methyl sites for hydroxylation is 1. The molecule has 144 valence electrons. The van der Waals surface area contributed by atoms with Crippen LogP contribution < -0.4 is 5.73 Å². The number of rotatable bonds is 6. The minimum absolute atomic E-state index is 0.342. The number of halogens is 1. The fourth-order valence-electron chi connectivity index (χ4n) is 2.27. The van der Waals surface area contributed by atoms with Gasteiger partial charge in [0.25, 0.3) is 5.24 Å². The average Bonchev–Trinajstić information content (AvgIpc) is 3.42. The van der Waals surface area contributed by atoms with Crippen LogP contribution in [-0.2, 0) is 15.4 Å². The molecule has 1 amide bonds. The van der Waals surface area contributed by atoms with Crippen LogP contribution in [0.25, 0.3) is 11.1 Å². The third-order valence-corrected chi connectivity index (χ3v) is 5.52. The Morgan fingerprint density at radius 2 is 1.85 bits per heavy atom. The zero-order valence-electron chi connectivity index (χ0n) is 14.6. The van der Waals surface area contributed by atoms with Gasteiger partial charge in [-0.1, -0.05) is 54.1 Å². The molecule has 2 aromatic carbocycles. The molecule has 3 N–H and O–H groups in total. The molecule has 0 aromatic heterocycles. The van der Waals surface area contributed by atoms with E-state index in [9.17, 15) is 9.59 Å². The van der Waals surface area contributed by atoms with Gasteiger partial charge in [-0.05, 0) is 48.7 Å². The molecule has 1 aliphatic heterocycles. The van der Waals surface area contributed by atoms with Gasteiger partial charge in [-0.2, -0.15) is 0 Å². The van der Waals surface area contributed by atoms with E-state index in [2.05, 4.69) is 4.18 Å². The van der Waals surface area contributed by atoms with E-state index < -0.39 is 16.5 Å². The number of nitrogens with two attached hydrogens (primary N) is 1. The molecule has 1 aliphatic rings. The molecule has 0 bridgehead atoms. The monoisotopic (exact) mass is 425 g/mol. The molecule has 0 spiro atoms. The quantitative estimate of drug-likeness (QED) is 0.487. The van der Waals surface area contributed by atoms with Gasteiger partial charge in [0.05, 0.1) is 0 Å². The van der Waals surface area contributed by atoms with E-state index in [0.29, 0.717) is 35.1 Å². The van der Waals surface area contributed by atoms with Crippen LogP contribution in [0, 0.1) is 0 Å². The van der Waals surface area contributed by atoms with Crippen molar-refractivity contribution in [1.82, 2.24) is 0 Å². The summed E-state index contributed by atoms with van der Waals surface area (Å²) in [6.45, 7) is 2.02. The zero-order chi connectivity index (χ0) is 19.8. The highest BCUT2D eigenvalue weighted by Crippen LogP contribution is 2.31. The van der Waals surface area contributed by atoms with E-state index >= 15 is 0 Å². The van der Waals surface area contributed by atoms with Crippen molar-refractivity contribution in [3.63, 3.8) is 0 Å². The maximum absolute atomic E-state index is 11.1. The van der Waals surface area contributed by atoms with Crippen LogP contribution in [-0.4, -0.2) is 27.0 Å². The lowest BCUT2D eigenvalue weighted by Gasteiger charge is -2.10. The topological polar surface area (TPSA) is 92.9 Å². The molecule has 8 heteroatoms. The Balaban J connectivity index is 0.000000576. The summed E-state index contributed by atoms with van der Waals surface area (Å²) in [4.78, 5) is 22.0. The summed E-state index contributed by atoms with van der Waals surface area (Å²) >= 11 is 8.35. The van der Waals surface area contributed by atoms with Crippen LogP contribution in [0.5, 0.6) is 0 Å². The lowest BCUT2D eigenvalue weighted by atomic mass is 10.0. The molecule has 1 saturated heterocycles.